The minimum absolute atomic E-state index is 0.295. The molecule has 1 saturated heterocycles. The van der Waals surface area contributed by atoms with Gasteiger partial charge in [0, 0.05) is 25.7 Å². The summed E-state index contributed by atoms with van der Waals surface area (Å²) in [5.74, 6) is 0.668. The Morgan fingerprint density at radius 3 is 2.35 bits per heavy atom. The molecule has 1 unspecified atom stereocenters. The van der Waals surface area contributed by atoms with E-state index in [9.17, 15) is 8.42 Å². The van der Waals surface area contributed by atoms with Crippen molar-refractivity contribution in [2.75, 3.05) is 19.6 Å². The Hall–Kier alpha value is -0.130. The van der Waals surface area contributed by atoms with E-state index in [1.54, 1.807) is 4.31 Å². The summed E-state index contributed by atoms with van der Waals surface area (Å²) in [5.41, 5.74) is 0. The van der Waals surface area contributed by atoms with Crippen LogP contribution in [0.2, 0.25) is 0 Å². The van der Waals surface area contributed by atoms with Crippen LogP contribution in [0.4, 0.5) is 0 Å². The number of piperidine rings is 1. The lowest BCUT2D eigenvalue weighted by Crippen LogP contribution is -2.45. The maximum atomic E-state index is 12.3. The normalized spacial score (nSPS) is 26.0. The second-order valence-corrected chi connectivity index (χ2v) is 7.97. The first kappa shape index (κ1) is 13.3. The Morgan fingerprint density at radius 2 is 1.82 bits per heavy atom. The van der Waals surface area contributed by atoms with Gasteiger partial charge < -0.3 is 5.32 Å². The molecule has 17 heavy (non-hydrogen) atoms. The first-order valence-electron chi connectivity index (χ1n) is 6.72. The predicted octanol–water partition coefficient (Wildman–Crippen LogP) is 1.19. The average molecular weight is 260 g/mol. The van der Waals surface area contributed by atoms with Gasteiger partial charge in [-0.05, 0) is 38.5 Å². The van der Waals surface area contributed by atoms with Crippen LogP contribution in [0.1, 0.15) is 39.5 Å². The lowest BCUT2D eigenvalue weighted by Gasteiger charge is -2.31. The molecular weight excluding hydrogens is 236 g/mol. The summed E-state index contributed by atoms with van der Waals surface area (Å²) in [6.45, 7) is 6.03. The summed E-state index contributed by atoms with van der Waals surface area (Å²) < 4.78 is 26.3. The molecule has 1 heterocycles. The maximum Gasteiger partial charge on any atom is 0.217 e. The van der Waals surface area contributed by atoms with E-state index in [0.717, 1.165) is 12.8 Å². The molecule has 0 bridgehead atoms. The van der Waals surface area contributed by atoms with Crippen LogP contribution in [0, 0.1) is 5.92 Å². The summed E-state index contributed by atoms with van der Waals surface area (Å²) >= 11 is 0. The summed E-state index contributed by atoms with van der Waals surface area (Å²) in [6, 6.07) is 0.578. The molecule has 2 aliphatic rings. The van der Waals surface area contributed by atoms with Gasteiger partial charge in [-0.2, -0.15) is 0 Å². The van der Waals surface area contributed by atoms with E-state index in [-0.39, 0.29) is 5.25 Å². The molecule has 2 fully saturated rings. The van der Waals surface area contributed by atoms with Gasteiger partial charge >= 0.3 is 0 Å². The molecule has 0 aromatic carbocycles. The molecule has 1 N–H and O–H groups in total. The largest absolute Gasteiger partial charge is 0.313 e. The van der Waals surface area contributed by atoms with Crippen LogP contribution in [0.3, 0.4) is 0 Å². The van der Waals surface area contributed by atoms with E-state index >= 15 is 0 Å². The van der Waals surface area contributed by atoms with Crippen LogP contribution in [0.5, 0.6) is 0 Å². The Kier molecular flexibility index (Phi) is 4.10. The Morgan fingerprint density at radius 1 is 1.24 bits per heavy atom. The average Bonchev–Trinajstić information content (AvgIpc) is 3.10. The lowest BCUT2D eigenvalue weighted by molar-refractivity contribution is 0.285. The zero-order valence-electron chi connectivity index (χ0n) is 10.9. The van der Waals surface area contributed by atoms with Gasteiger partial charge in [0.25, 0.3) is 0 Å². The van der Waals surface area contributed by atoms with Crippen molar-refractivity contribution in [1.82, 2.24) is 9.62 Å². The zero-order chi connectivity index (χ0) is 12.5. The molecule has 1 aliphatic carbocycles. The molecule has 0 radical (unpaired) electrons. The van der Waals surface area contributed by atoms with Gasteiger partial charge in [-0.3, -0.25) is 0 Å². The smallest absolute Gasteiger partial charge is 0.217 e. The highest BCUT2D eigenvalue weighted by Gasteiger charge is 2.32. The van der Waals surface area contributed by atoms with Gasteiger partial charge in [0.1, 0.15) is 0 Å². The molecule has 4 nitrogen and oxygen atoms in total. The molecule has 0 spiro atoms. The standard InChI is InChI=1S/C12H24N2O2S/c1-10-5-7-14(8-6-10)17(15,16)11(2)9-13-12-3-4-12/h10-13H,3-9H2,1-2H3. The van der Waals surface area contributed by atoms with Crippen molar-refractivity contribution in [2.24, 2.45) is 5.92 Å². The second-order valence-electron chi connectivity index (χ2n) is 5.62. The Balaban J connectivity index is 1.87. The molecule has 1 atom stereocenters. The van der Waals surface area contributed by atoms with Gasteiger partial charge in [0.05, 0.1) is 5.25 Å². The molecule has 2 rings (SSSR count). The fourth-order valence-electron chi connectivity index (χ4n) is 2.22. The summed E-state index contributed by atoms with van der Waals surface area (Å²) in [4.78, 5) is 0. The van der Waals surface area contributed by atoms with Crippen molar-refractivity contribution in [3.05, 3.63) is 0 Å². The summed E-state index contributed by atoms with van der Waals surface area (Å²) in [7, 11) is -3.08. The number of hydrogen-bond acceptors (Lipinski definition) is 3. The first-order chi connectivity index (χ1) is 8.00. The number of rotatable bonds is 5. The van der Waals surface area contributed by atoms with Crippen molar-refractivity contribution in [2.45, 2.75) is 50.8 Å². The van der Waals surface area contributed by atoms with Crippen LogP contribution in [-0.2, 0) is 10.0 Å². The third kappa shape index (κ3) is 3.42. The molecular formula is C12H24N2O2S. The summed E-state index contributed by atoms with van der Waals surface area (Å²) in [6.07, 6.45) is 4.41. The number of hydrogen-bond donors (Lipinski definition) is 1. The number of sulfonamides is 1. The van der Waals surface area contributed by atoms with Crippen LogP contribution >= 0.6 is 0 Å². The van der Waals surface area contributed by atoms with Gasteiger partial charge in [-0.25, -0.2) is 12.7 Å². The van der Waals surface area contributed by atoms with E-state index in [2.05, 4.69) is 12.2 Å². The molecule has 5 heteroatoms. The molecule has 1 aliphatic heterocycles. The van der Waals surface area contributed by atoms with Gasteiger partial charge in [0.15, 0.2) is 0 Å². The maximum absolute atomic E-state index is 12.3. The quantitative estimate of drug-likeness (QED) is 0.808. The third-order valence-corrected chi connectivity index (χ3v) is 6.15. The van der Waals surface area contributed by atoms with Crippen LogP contribution in [0.25, 0.3) is 0 Å². The molecule has 0 aromatic heterocycles. The minimum Gasteiger partial charge on any atom is -0.313 e. The third-order valence-electron chi connectivity index (χ3n) is 3.88. The Labute approximate surface area is 105 Å². The van der Waals surface area contributed by atoms with Crippen LogP contribution in [0.15, 0.2) is 0 Å². The molecule has 100 valence electrons. The van der Waals surface area contributed by atoms with E-state index in [4.69, 9.17) is 0 Å². The number of nitrogens with zero attached hydrogens (tertiary/aromatic N) is 1. The van der Waals surface area contributed by atoms with Crippen molar-refractivity contribution in [3.63, 3.8) is 0 Å². The SMILES string of the molecule is CC1CCN(S(=O)(=O)C(C)CNC2CC2)CC1. The molecule has 0 aromatic rings. The van der Waals surface area contributed by atoms with Crippen LogP contribution in [-0.4, -0.2) is 43.6 Å². The second kappa shape index (κ2) is 5.24. The highest BCUT2D eigenvalue weighted by atomic mass is 32.2. The van der Waals surface area contributed by atoms with Gasteiger partial charge in [-0.15, -0.1) is 0 Å². The zero-order valence-corrected chi connectivity index (χ0v) is 11.7. The van der Waals surface area contributed by atoms with Gasteiger partial charge in [0.2, 0.25) is 10.0 Å². The minimum atomic E-state index is -3.08. The highest BCUT2D eigenvalue weighted by Crippen LogP contribution is 2.22. The van der Waals surface area contributed by atoms with Gasteiger partial charge in [-0.1, -0.05) is 6.92 Å². The fraction of sp³-hybridized carbons (Fsp3) is 1.00. The lowest BCUT2D eigenvalue weighted by atomic mass is 10.0. The topological polar surface area (TPSA) is 49.4 Å². The van der Waals surface area contributed by atoms with Crippen molar-refractivity contribution in [1.29, 1.82) is 0 Å². The van der Waals surface area contributed by atoms with E-state index in [1.807, 2.05) is 6.92 Å². The predicted molar refractivity (Wildman–Crippen MR) is 69.4 cm³/mol. The number of nitrogens with one attached hydrogen (secondary N) is 1. The van der Waals surface area contributed by atoms with Crippen molar-refractivity contribution < 1.29 is 8.42 Å². The molecule has 1 saturated carbocycles. The monoisotopic (exact) mass is 260 g/mol. The van der Waals surface area contributed by atoms with E-state index in [0.29, 0.717) is 31.6 Å². The highest BCUT2D eigenvalue weighted by molar-refractivity contribution is 7.89. The van der Waals surface area contributed by atoms with E-state index < -0.39 is 10.0 Å². The first-order valence-corrected chi connectivity index (χ1v) is 8.23. The molecule has 0 amide bonds. The van der Waals surface area contributed by atoms with Crippen molar-refractivity contribution >= 4 is 10.0 Å². The summed E-state index contributed by atoms with van der Waals surface area (Å²) in [5, 5.41) is 3.01. The Bertz CT molecular complexity index is 344. The van der Waals surface area contributed by atoms with Crippen LogP contribution < -0.4 is 5.32 Å². The fourth-order valence-corrected chi connectivity index (χ4v) is 3.75. The van der Waals surface area contributed by atoms with E-state index in [1.165, 1.54) is 12.8 Å². The van der Waals surface area contributed by atoms with Crippen molar-refractivity contribution in [3.8, 4) is 0 Å².